The van der Waals surface area contributed by atoms with Crippen LogP contribution in [0.3, 0.4) is 0 Å². The lowest BCUT2D eigenvalue weighted by molar-refractivity contribution is -0.139. The summed E-state index contributed by atoms with van der Waals surface area (Å²) in [7, 11) is 1.28. The fourth-order valence-electron chi connectivity index (χ4n) is 1.47. The molecule has 6 nitrogen and oxygen atoms in total. The highest BCUT2D eigenvalue weighted by Gasteiger charge is 2.02. The number of aromatic amines is 1. The van der Waals surface area contributed by atoms with Gasteiger partial charge in [0, 0.05) is 5.56 Å². The van der Waals surface area contributed by atoms with Crippen LogP contribution in [-0.4, -0.2) is 18.1 Å². The standard InChI is InChI=1S/C13H9NO5/c1-18-11(15)4-2-3-8-5-6-10-9(7-8)12(16)19-13(17)14-10/h5-7H,4H2,1H3,(H,14,17). The molecule has 2 rings (SSSR count). The van der Waals surface area contributed by atoms with Crippen molar-refractivity contribution in [3.05, 3.63) is 44.7 Å². The maximum Gasteiger partial charge on any atom is 0.419 e. The molecule has 0 fully saturated rings. The summed E-state index contributed by atoms with van der Waals surface area (Å²) in [5.41, 5.74) is 0.186. The fraction of sp³-hybridized carbons (Fsp3) is 0.154. The van der Waals surface area contributed by atoms with Gasteiger partial charge in [-0.25, -0.2) is 9.59 Å². The van der Waals surface area contributed by atoms with E-state index in [9.17, 15) is 14.4 Å². The van der Waals surface area contributed by atoms with Crippen molar-refractivity contribution < 1.29 is 13.9 Å². The third kappa shape index (κ3) is 2.90. The molecule has 0 aliphatic carbocycles. The molecule has 0 saturated heterocycles. The number of rotatable bonds is 1. The first kappa shape index (κ1) is 12.6. The molecular weight excluding hydrogens is 250 g/mol. The van der Waals surface area contributed by atoms with Crippen molar-refractivity contribution in [2.45, 2.75) is 6.42 Å². The molecule has 0 unspecified atom stereocenters. The Kier molecular flexibility index (Phi) is 3.48. The van der Waals surface area contributed by atoms with Gasteiger partial charge in [-0.3, -0.25) is 9.78 Å². The summed E-state index contributed by atoms with van der Waals surface area (Å²) in [5.74, 6) is 4.10. The molecule has 0 saturated carbocycles. The summed E-state index contributed by atoms with van der Waals surface area (Å²) >= 11 is 0. The quantitative estimate of drug-likeness (QED) is 0.591. The van der Waals surface area contributed by atoms with E-state index in [2.05, 4.69) is 26.0 Å². The molecule has 0 bridgehead atoms. The Hall–Kier alpha value is -2.81. The van der Waals surface area contributed by atoms with Gasteiger partial charge in [-0.2, -0.15) is 0 Å². The van der Waals surface area contributed by atoms with Crippen molar-refractivity contribution in [1.29, 1.82) is 0 Å². The average Bonchev–Trinajstić information content (AvgIpc) is 2.39. The Morgan fingerprint density at radius 2 is 2.21 bits per heavy atom. The maximum atomic E-state index is 11.5. The first-order chi connectivity index (χ1) is 9.10. The minimum Gasteiger partial charge on any atom is -0.468 e. The van der Waals surface area contributed by atoms with E-state index in [4.69, 9.17) is 0 Å². The minimum atomic E-state index is -0.804. The van der Waals surface area contributed by atoms with Gasteiger partial charge in [0.25, 0.3) is 0 Å². The number of hydrogen-bond donors (Lipinski definition) is 1. The minimum absolute atomic E-state index is 0.0330. The SMILES string of the molecule is COC(=O)CC#Cc1ccc2[nH]c(=O)oc(=O)c2c1. The molecule has 0 radical (unpaired) electrons. The van der Waals surface area contributed by atoms with E-state index in [1.165, 1.54) is 13.2 Å². The van der Waals surface area contributed by atoms with Crippen LogP contribution in [0.5, 0.6) is 0 Å². The summed E-state index contributed by atoms with van der Waals surface area (Å²) in [6, 6.07) is 4.67. The third-order valence-corrected chi connectivity index (χ3v) is 2.35. The van der Waals surface area contributed by atoms with E-state index < -0.39 is 17.4 Å². The number of fused-ring (bicyclic) bond motifs is 1. The number of carbonyl (C=O) groups is 1. The van der Waals surface area contributed by atoms with Crippen LogP contribution in [0, 0.1) is 11.8 Å². The molecule has 0 aliphatic heterocycles. The number of benzene rings is 1. The molecule has 1 heterocycles. The van der Waals surface area contributed by atoms with Gasteiger partial charge < -0.3 is 9.15 Å². The Labute approximate surface area is 107 Å². The van der Waals surface area contributed by atoms with E-state index in [-0.39, 0.29) is 11.8 Å². The van der Waals surface area contributed by atoms with Crippen molar-refractivity contribution in [3.8, 4) is 11.8 Å². The summed E-state index contributed by atoms with van der Waals surface area (Å²) in [6.45, 7) is 0. The molecule has 96 valence electrons. The summed E-state index contributed by atoms with van der Waals surface area (Å²) in [4.78, 5) is 35.7. The lowest BCUT2D eigenvalue weighted by Gasteiger charge is -1.95. The second kappa shape index (κ2) is 5.23. The summed E-state index contributed by atoms with van der Waals surface area (Å²) in [5, 5.41) is 0.226. The van der Waals surface area contributed by atoms with Crippen LogP contribution in [0.4, 0.5) is 0 Å². The van der Waals surface area contributed by atoms with Crippen molar-refractivity contribution in [2.24, 2.45) is 0 Å². The van der Waals surface area contributed by atoms with Crippen LogP contribution in [-0.2, 0) is 9.53 Å². The molecular formula is C13H9NO5. The molecule has 1 aromatic carbocycles. The molecule has 19 heavy (non-hydrogen) atoms. The monoisotopic (exact) mass is 259 g/mol. The van der Waals surface area contributed by atoms with Gasteiger partial charge >= 0.3 is 17.4 Å². The fourth-order valence-corrected chi connectivity index (χ4v) is 1.47. The first-order valence-electron chi connectivity index (χ1n) is 5.33. The maximum absolute atomic E-state index is 11.5. The van der Waals surface area contributed by atoms with Crippen molar-refractivity contribution in [3.63, 3.8) is 0 Å². The largest absolute Gasteiger partial charge is 0.468 e. The predicted molar refractivity (Wildman–Crippen MR) is 66.6 cm³/mol. The Morgan fingerprint density at radius 3 is 2.95 bits per heavy atom. The number of esters is 1. The molecule has 6 heteroatoms. The second-order valence-electron chi connectivity index (χ2n) is 3.62. The van der Waals surface area contributed by atoms with Gasteiger partial charge in [-0.15, -0.1) is 0 Å². The molecule has 1 N–H and O–H groups in total. The number of nitrogens with one attached hydrogen (secondary N) is 1. The smallest absolute Gasteiger partial charge is 0.419 e. The number of methoxy groups -OCH3 is 1. The van der Waals surface area contributed by atoms with Crippen LogP contribution in [0.2, 0.25) is 0 Å². The van der Waals surface area contributed by atoms with Crippen molar-refractivity contribution >= 4 is 16.9 Å². The van der Waals surface area contributed by atoms with Crippen LogP contribution in [0.15, 0.2) is 32.2 Å². The molecule has 0 atom stereocenters. The number of aromatic nitrogens is 1. The highest BCUT2D eigenvalue weighted by atomic mass is 16.5. The third-order valence-electron chi connectivity index (χ3n) is 2.35. The highest BCUT2D eigenvalue weighted by molar-refractivity contribution is 5.78. The van der Waals surface area contributed by atoms with Gasteiger partial charge in [0.15, 0.2) is 0 Å². The zero-order valence-corrected chi connectivity index (χ0v) is 9.98. The lowest BCUT2D eigenvalue weighted by atomic mass is 10.1. The van der Waals surface area contributed by atoms with E-state index in [0.29, 0.717) is 11.1 Å². The van der Waals surface area contributed by atoms with Gasteiger partial charge in [-0.05, 0) is 18.2 Å². The summed E-state index contributed by atoms with van der Waals surface area (Å²) < 4.78 is 8.86. The topological polar surface area (TPSA) is 89.4 Å². The molecule has 2 aromatic rings. The number of ether oxygens (including phenoxy) is 1. The predicted octanol–water partition coefficient (Wildman–Crippen LogP) is 0.396. The van der Waals surface area contributed by atoms with E-state index in [0.717, 1.165) is 0 Å². The van der Waals surface area contributed by atoms with E-state index in [1.54, 1.807) is 12.1 Å². The molecule has 0 amide bonds. The Morgan fingerprint density at radius 1 is 1.42 bits per heavy atom. The number of H-pyrrole nitrogens is 1. The number of hydrogen-bond acceptors (Lipinski definition) is 5. The van der Waals surface area contributed by atoms with Gasteiger partial charge in [0.05, 0.1) is 18.0 Å². The Bertz CT molecular complexity index is 803. The lowest BCUT2D eigenvalue weighted by Crippen LogP contribution is -2.14. The molecule has 1 aromatic heterocycles. The van der Waals surface area contributed by atoms with Gasteiger partial charge in [0.2, 0.25) is 0 Å². The second-order valence-corrected chi connectivity index (χ2v) is 3.62. The van der Waals surface area contributed by atoms with E-state index in [1.807, 2.05) is 0 Å². The average molecular weight is 259 g/mol. The molecule has 0 aliphatic rings. The molecule has 0 spiro atoms. The Balaban J connectivity index is 2.40. The van der Waals surface area contributed by atoms with Crippen LogP contribution in [0.1, 0.15) is 12.0 Å². The number of carbonyl (C=O) groups excluding carboxylic acids is 1. The van der Waals surface area contributed by atoms with E-state index >= 15 is 0 Å². The van der Waals surface area contributed by atoms with Crippen LogP contribution >= 0.6 is 0 Å². The summed E-state index contributed by atoms with van der Waals surface area (Å²) in [6.07, 6.45) is -0.0330. The first-order valence-corrected chi connectivity index (χ1v) is 5.33. The van der Waals surface area contributed by atoms with Crippen molar-refractivity contribution in [1.82, 2.24) is 4.98 Å². The van der Waals surface area contributed by atoms with Crippen molar-refractivity contribution in [2.75, 3.05) is 7.11 Å². The van der Waals surface area contributed by atoms with Crippen LogP contribution < -0.4 is 11.4 Å². The highest BCUT2D eigenvalue weighted by Crippen LogP contribution is 2.07. The van der Waals surface area contributed by atoms with Gasteiger partial charge in [-0.1, -0.05) is 11.8 Å². The zero-order valence-electron chi connectivity index (χ0n) is 9.98. The van der Waals surface area contributed by atoms with Crippen LogP contribution in [0.25, 0.3) is 10.9 Å². The normalized spacial score (nSPS) is 9.74. The zero-order chi connectivity index (χ0) is 13.8. The van der Waals surface area contributed by atoms with Gasteiger partial charge in [0.1, 0.15) is 6.42 Å².